The molecule has 0 radical (unpaired) electrons. The molecule has 0 amide bonds. The van der Waals surface area contributed by atoms with Crippen molar-refractivity contribution in [3.63, 3.8) is 0 Å². The van der Waals surface area contributed by atoms with Crippen molar-refractivity contribution < 1.29 is 128 Å². The van der Waals surface area contributed by atoms with Gasteiger partial charge in [-0.05, 0) is 18.5 Å². The molecule has 0 saturated heterocycles. The minimum absolute atomic E-state index is 0. The summed E-state index contributed by atoms with van der Waals surface area (Å²) in [6, 6.07) is 0. The van der Waals surface area contributed by atoms with E-state index in [9.17, 15) is 0 Å². The van der Waals surface area contributed by atoms with Crippen LogP contribution in [0.3, 0.4) is 0 Å². The van der Waals surface area contributed by atoms with E-state index in [2.05, 4.69) is 0 Å². The Labute approximate surface area is 144 Å². The van der Waals surface area contributed by atoms with Gasteiger partial charge in [0.25, 0.3) is 0 Å². The second kappa shape index (κ2) is 29.3. The van der Waals surface area contributed by atoms with Gasteiger partial charge in [0.05, 0.1) is 0 Å². The molecule has 15 heavy (non-hydrogen) atoms. The van der Waals surface area contributed by atoms with E-state index in [-0.39, 0.29) is 82.7 Å². The fourth-order valence-corrected chi connectivity index (χ4v) is 0. The van der Waals surface area contributed by atoms with Gasteiger partial charge < -0.3 is 50.5 Å². The number of rotatable bonds is 0. The van der Waals surface area contributed by atoms with Gasteiger partial charge in [0, 0.05) is 0 Å². The standard InChI is InChI=1S/3CH2O3.H2O.2Tb/c3*2-1(3)4;;;/h3*(H2,2,3,4);1H2;;/q;;;;2*+3/p-6. The first-order chi connectivity index (χ1) is 5.20. The monoisotopic (exact) mass is 516 g/mol. The van der Waals surface area contributed by atoms with Crippen molar-refractivity contribution in [2.24, 2.45) is 0 Å². The molecule has 0 rings (SSSR count). The molecule has 0 fully saturated rings. The van der Waals surface area contributed by atoms with E-state index in [1.807, 2.05) is 0 Å². The number of hydrogen-bond donors (Lipinski definition) is 0. The molecule has 0 aromatic heterocycles. The molecule has 10 nitrogen and oxygen atoms in total. The van der Waals surface area contributed by atoms with Crippen LogP contribution < -0.4 is 30.6 Å². The summed E-state index contributed by atoms with van der Waals surface area (Å²) in [4.78, 5) is 25.0. The largest absolute Gasteiger partial charge is 3.00 e. The van der Waals surface area contributed by atoms with Crippen LogP contribution >= 0.6 is 0 Å². The Hall–Kier alpha value is 0.341. The molecule has 92 valence electrons. The third-order valence-corrected chi connectivity index (χ3v) is 0. The summed E-state index contributed by atoms with van der Waals surface area (Å²) < 4.78 is 0. The van der Waals surface area contributed by atoms with Crippen molar-refractivity contribution in [2.45, 2.75) is 0 Å². The van der Waals surface area contributed by atoms with Gasteiger partial charge in [-0.3, -0.25) is 0 Å². The van der Waals surface area contributed by atoms with Gasteiger partial charge in [-0.15, -0.1) is 0 Å². The zero-order valence-electron chi connectivity index (χ0n) is 6.34. The van der Waals surface area contributed by atoms with Gasteiger partial charge in [-0.25, -0.2) is 0 Å². The van der Waals surface area contributed by atoms with Crippen LogP contribution in [0.2, 0.25) is 0 Å². The Morgan fingerprint density at radius 1 is 0.533 bits per heavy atom. The predicted octanol–water partition coefficient (Wildman–Crippen LogP) is -8.17. The molecule has 0 aliphatic rings. The first-order valence-electron chi connectivity index (χ1n) is 1.84. The first kappa shape index (κ1) is 36.2. The van der Waals surface area contributed by atoms with Gasteiger partial charge in [0.1, 0.15) is 0 Å². The fraction of sp³-hybridized carbons (Fsp3) is 0. The third-order valence-electron chi connectivity index (χ3n) is 0. The van der Waals surface area contributed by atoms with E-state index >= 15 is 0 Å². The molecule has 0 heterocycles. The third kappa shape index (κ3) is 18700. The van der Waals surface area contributed by atoms with Gasteiger partial charge >= 0.3 is 77.2 Å². The summed E-state index contributed by atoms with van der Waals surface area (Å²) >= 11 is 0. The molecule has 0 aromatic carbocycles. The summed E-state index contributed by atoms with van der Waals surface area (Å²) in [6.45, 7) is 0. The fourth-order valence-electron chi connectivity index (χ4n) is 0. The van der Waals surface area contributed by atoms with Crippen molar-refractivity contribution in [1.29, 1.82) is 0 Å². The minimum atomic E-state index is -2.33. The van der Waals surface area contributed by atoms with E-state index in [1.54, 1.807) is 0 Å². The maximum atomic E-state index is 8.33. The summed E-state index contributed by atoms with van der Waals surface area (Å²) in [5, 5.41) is 50.0. The zero-order chi connectivity index (χ0) is 10.7. The van der Waals surface area contributed by atoms with Gasteiger partial charge in [-0.1, -0.05) is 0 Å². The summed E-state index contributed by atoms with van der Waals surface area (Å²) in [5.74, 6) is 0. The first-order valence-corrected chi connectivity index (χ1v) is 1.84. The molecular weight excluding hydrogens is 514 g/mol. The topological polar surface area (TPSA) is 221 Å². The van der Waals surface area contributed by atoms with Crippen LogP contribution in [0.5, 0.6) is 0 Å². The normalized spacial score (nSPS) is 4.80. The van der Waals surface area contributed by atoms with Gasteiger partial charge in [0.2, 0.25) is 0 Å². The zero-order valence-corrected chi connectivity index (χ0v) is 10.6. The minimum Gasteiger partial charge on any atom is -0.652 e. The Morgan fingerprint density at radius 2 is 0.533 bits per heavy atom. The van der Waals surface area contributed by atoms with E-state index in [4.69, 9.17) is 45.0 Å². The molecule has 0 saturated carbocycles. The van der Waals surface area contributed by atoms with Gasteiger partial charge in [0.15, 0.2) is 0 Å². The van der Waals surface area contributed by atoms with Crippen LogP contribution in [-0.4, -0.2) is 23.9 Å². The number of carbonyl (C=O) groups is 3. The number of carboxylic acid groups (broad SMARTS) is 6. The Kier molecular flexibility index (Phi) is 70.5. The molecule has 2 N–H and O–H groups in total. The molecule has 0 aliphatic carbocycles. The molecule has 0 aromatic rings. The predicted molar refractivity (Wildman–Crippen MR) is 19.8 cm³/mol. The van der Waals surface area contributed by atoms with Crippen LogP contribution in [0.15, 0.2) is 0 Å². The second-order valence-corrected chi connectivity index (χ2v) is 0.750. The summed E-state index contributed by atoms with van der Waals surface area (Å²) in [6.07, 6.45) is -7.00. The molecule has 0 bridgehead atoms. The second-order valence-electron chi connectivity index (χ2n) is 0.750. The number of carbonyl (C=O) groups excluding carboxylic acids is 3. The van der Waals surface area contributed by atoms with E-state index in [1.165, 1.54) is 0 Å². The Morgan fingerprint density at radius 3 is 0.533 bits per heavy atom. The van der Waals surface area contributed by atoms with Crippen molar-refractivity contribution >= 4 is 18.5 Å². The molecule has 0 aliphatic heterocycles. The van der Waals surface area contributed by atoms with E-state index in [0.717, 1.165) is 0 Å². The molecule has 0 spiro atoms. The molecule has 12 heteroatoms. The van der Waals surface area contributed by atoms with Crippen LogP contribution in [0.4, 0.5) is 14.4 Å². The Bertz CT molecular complexity index is 116. The van der Waals surface area contributed by atoms with E-state index in [0.29, 0.717) is 0 Å². The number of hydrogen-bond acceptors (Lipinski definition) is 9. The van der Waals surface area contributed by atoms with Crippen LogP contribution in [-0.2, 0) is 0 Å². The maximum absolute atomic E-state index is 8.33. The summed E-state index contributed by atoms with van der Waals surface area (Å²) in [7, 11) is 0. The van der Waals surface area contributed by atoms with Crippen molar-refractivity contribution in [3.05, 3.63) is 0 Å². The van der Waals surface area contributed by atoms with Gasteiger partial charge in [-0.2, -0.15) is 0 Å². The summed E-state index contributed by atoms with van der Waals surface area (Å²) in [5.41, 5.74) is 0. The van der Waals surface area contributed by atoms with Crippen molar-refractivity contribution in [1.82, 2.24) is 0 Å². The molecule has 0 atom stereocenters. The maximum Gasteiger partial charge on any atom is 3.00 e. The average Bonchev–Trinajstić information content (AvgIpc) is 1.54. The SMILES string of the molecule is O.O=C([O-])[O-].O=C([O-])[O-].O=C([O-])[O-].[Tb+3].[Tb+3]. The quantitative estimate of drug-likeness (QED) is 0.298. The average molecular weight is 516 g/mol. The van der Waals surface area contributed by atoms with Crippen molar-refractivity contribution in [2.75, 3.05) is 0 Å². The van der Waals surface area contributed by atoms with Crippen molar-refractivity contribution in [3.8, 4) is 0 Å². The molecule has 0 unspecified atom stereocenters. The smallest absolute Gasteiger partial charge is 0.652 e. The molecular formula is C3H2O10Tb2. The Balaban J connectivity index is -0.0000000184. The van der Waals surface area contributed by atoms with Crippen LogP contribution in [0, 0.1) is 77.2 Å². The van der Waals surface area contributed by atoms with Crippen LogP contribution in [0.25, 0.3) is 0 Å². The van der Waals surface area contributed by atoms with E-state index < -0.39 is 18.5 Å². The van der Waals surface area contributed by atoms with Crippen LogP contribution in [0.1, 0.15) is 0 Å².